The summed E-state index contributed by atoms with van der Waals surface area (Å²) >= 11 is 0. The fraction of sp³-hybridized carbons (Fsp3) is 0.280. The molecular formula is C25H25FN4O5. The Morgan fingerprint density at radius 1 is 1.11 bits per heavy atom. The van der Waals surface area contributed by atoms with Crippen molar-refractivity contribution in [2.45, 2.75) is 26.4 Å². The van der Waals surface area contributed by atoms with Crippen LogP contribution in [0.25, 0.3) is 0 Å². The van der Waals surface area contributed by atoms with Gasteiger partial charge in [0.05, 0.1) is 24.7 Å². The fourth-order valence-electron chi connectivity index (χ4n) is 3.29. The van der Waals surface area contributed by atoms with E-state index in [2.05, 4.69) is 15.3 Å². The predicted octanol–water partition coefficient (Wildman–Crippen LogP) is 3.57. The Morgan fingerprint density at radius 3 is 2.51 bits per heavy atom. The highest BCUT2D eigenvalue weighted by molar-refractivity contribution is 6.04. The summed E-state index contributed by atoms with van der Waals surface area (Å²) in [4.78, 5) is 35.0. The van der Waals surface area contributed by atoms with Crippen molar-refractivity contribution < 1.29 is 28.6 Å². The molecule has 0 radical (unpaired) electrons. The Bertz CT molecular complexity index is 1230. The third kappa shape index (κ3) is 5.90. The first-order valence-corrected chi connectivity index (χ1v) is 11.1. The fourth-order valence-corrected chi connectivity index (χ4v) is 3.29. The average molecular weight is 480 g/mol. The number of amides is 2. The normalized spacial score (nSPS) is 13.5. The van der Waals surface area contributed by atoms with Gasteiger partial charge < -0.3 is 24.8 Å². The topological polar surface area (TPSA) is 114 Å². The first kappa shape index (κ1) is 24.1. The van der Waals surface area contributed by atoms with E-state index in [1.54, 1.807) is 18.7 Å². The zero-order valence-electron chi connectivity index (χ0n) is 19.3. The van der Waals surface area contributed by atoms with Crippen LogP contribution in [0.4, 0.5) is 10.2 Å². The average Bonchev–Trinajstić information content (AvgIpc) is 2.80. The number of carbonyl (C=O) groups is 2. The van der Waals surface area contributed by atoms with Gasteiger partial charge in [-0.15, -0.1) is 0 Å². The van der Waals surface area contributed by atoms with Crippen LogP contribution in [0, 0.1) is 12.7 Å². The molecule has 4 rings (SSSR count). The molecule has 0 bridgehead atoms. The van der Waals surface area contributed by atoms with Gasteiger partial charge in [-0.1, -0.05) is 0 Å². The van der Waals surface area contributed by atoms with Crippen molar-refractivity contribution in [3.8, 4) is 17.2 Å². The van der Waals surface area contributed by atoms with Crippen molar-refractivity contribution in [1.82, 2.24) is 14.9 Å². The maximum Gasteiger partial charge on any atom is 0.257 e. The highest BCUT2D eigenvalue weighted by Crippen LogP contribution is 2.31. The van der Waals surface area contributed by atoms with Crippen LogP contribution in [0.3, 0.4) is 0 Å². The van der Waals surface area contributed by atoms with Crippen molar-refractivity contribution in [1.29, 1.82) is 0 Å². The van der Waals surface area contributed by atoms with Gasteiger partial charge in [0.2, 0.25) is 0 Å². The zero-order chi connectivity index (χ0) is 24.9. The molecule has 1 atom stereocenters. The van der Waals surface area contributed by atoms with Crippen LogP contribution in [-0.2, 0) is 0 Å². The first-order chi connectivity index (χ1) is 16.8. The van der Waals surface area contributed by atoms with Gasteiger partial charge in [0.15, 0.2) is 17.4 Å². The third-order valence-corrected chi connectivity index (χ3v) is 5.31. The number of aromatic nitrogens is 2. The maximum absolute atomic E-state index is 14.8. The van der Waals surface area contributed by atoms with Crippen LogP contribution in [0.5, 0.6) is 17.2 Å². The van der Waals surface area contributed by atoms with Crippen LogP contribution in [0.15, 0.2) is 48.8 Å². The quantitative estimate of drug-likeness (QED) is 0.507. The molecule has 0 saturated carbocycles. The molecule has 1 fully saturated rings. The summed E-state index contributed by atoms with van der Waals surface area (Å²) < 4.78 is 26.1. The zero-order valence-corrected chi connectivity index (χ0v) is 19.3. The number of nitrogens with one attached hydrogen (secondary N) is 1. The van der Waals surface area contributed by atoms with Crippen molar-refractivity contribution in [2.75, 3.05) is 25.0 Å². The molecule has 2 heterocycles. The summed E-state index contributed by atoms with van der Waals surface area (Å²) in [6.45, 7) is 4.51. The largest absolute Gasteiger partial charge is 0.488 e. The molecule has 0 spiro atoms. The smallest absolute Gasteiger partial charge is 0.257 e. The standard InChI is InChI=1S/C25H25FN4O5/c1-15-12-28-23(13-27-15)29-24(32)18-8-19(34-16(2)14-31)11-20(9-18)35-22-5-4-17(10-21(22)26)25(33)30-6-3-7-30/h4-5,8-13,16,31H,3,6-7,14H2,1-2H3,(H,28,29,32)/t16-/m0/s1. The van der Waals surface area contributed by atoms with E-state index < -0.39 is 17.8 Å². The van der Waals surface area contributed by atoms with E-state index in [1.807, 2.05) is 0 Å². The van der Waals surface area contributed by atoms with Crippen molar-refractivity contribution >= 4 is 17.6 Å². The number of benzene rings is 2. The summed E-state index contributed by atoms with van der Waals surface area (Å²) in [5.74, 6) is -0.936. The number of ether oxygens (including phenoxy) is 2. The molecule has 9 nitrogen and oxygen atoms in total. The molecule has 2 N–H and O–H groups in total. The minimum Gasteiger partial charge on any atom is -0.488 e. The summed E-state index contributed by atoms with van der Waals surface area (Å²) in [6.07, 6.45) is 3.34. The molecular weight excluding hydrogens is 455 g/mol. The number of hydrogen-bond donors (Lipinski definition) is 2. The van der Waals surface area contributed by atoms with E-state index >= 15 is 0 Å². The van der Waals surface area contributed by atoms with E-state index in [-0.39, 0.29) is 46.7 Å². The SMILES string of the molecule is Cc1cnc(NC(=O)c2cc(Oc3ccc(C(=O)N4CCC4)cc3F)cc(O[C@@H](C)CO)c2)cn1. The molecule has 0 unspecified atom stereocenters. The summed E-state index contributed by atoms with van der Waals surface area (Å²) in [6, 6.07) is 8.37. The van der Waals surface area contributed by atoms with Gasteiger partial charge in [0, 0.05) is 30.3 Å². The molecule has 2 aromatic carbocycles. The number of nitrogens with zero attached hydrogens (tertiary/aromatic N) is 3. The van der Waals surface area contributed by atoms with Crippen LogP contribution in [0.2, 0.25) is 0 Å². The van der Waals surface area contributed by atoms with Gasteiger partial charge in [0.1, 0.15) is 17.6 Å². The Morgan fingerprint density at radius 2 is 1.89 bits per heavy atom. The Hall–Kier alpha value is -4.05. The van der Waals surface area contributed by atoms with Crippen LogP contribution >= 0.6 is 0 Å². The second-order valence-corrected chi connectivity index (χ2v) is 8.19. The number of aryl methyl sites for hydroxylation is 1. The summed E-state index contributed by atoms with van der Waals surface area (Å²) in [7, 11) is 0. The number of rotatable bonds is 8. The molecule has 1 saturated heterocycles. The lowest BCUT2D eigenvalue weighted by Gasteiger charge is -2.30. The molecule has 10 heteroatoms. The number of aliphatic hydroxyl groups excluding tert-OH is 1. The van der Waals surface area contributed by atoms with Crippen molar-refractivity contribution in [2.24, 2.45) is 0 Å². The molecule has 35 heavy (non-hydrogen) atoms. The van der Waals surface area contributed by atoms with E-state index in [0.29, 0.717) is 18.8 Å². The first-order valence-electron chi connectivity index (χ1n) is 11.1. The molecule has 0 aliphatic carbocycles. The number of hydrogen-bond acceptors (Lipinski definition) is 7. The number of halogens is 1. The van der Waals surface area contributed by atoms with Gasteiger partial charge in [-0.2, -0.15) is 0 Å². The number of anilines is 1. The van der Waals surface area contributed by atoms with E-state index in [4.69, 9.17) is 9.47 Å². The van der Waals surface area contributed by atoms with Crippen LogP contribution < -0.4 is 14.8 Å². The molecule has 1 aromatic heterocycles. The lowest BCUT2D eigenvalue weighted by Crippen LogP contribution is -2.42. The number of aliphatic hydroxyl groups is 1. The number of likely N-dealkylation sites (tertiary alicyclic amines) is 1. The minimum atomic E-state index is -0.715. The molecule has 1 aliphatic heterocycles. The van der Waals surface area contributed by atoms with Crippen molar-refractivity contribution in [3.05, 3.63) is 71.4 Å². The van der Waals surface area contributed by atoms with E-state index in [9.17, 15) is 19.1 Å². The molecule has 182 valence electrons. The second-order valence-electron chi connectivity index (χ2n) is 8.19. The van der Waals surface area contributed by atoms with Gasteiger partial charge in [-0.3, -0.25) is 14.6 Å². The van der Waals surface area contributed by atoms with Gasteiger partial charge in [-0.05, 0) is 50.6 Å². The second kappa shape index (κ2) is 10.5. The lowest BCUT2D eigenvalue weighted by molar-refractivity contribution is 0.0651. The van der Waals surface area contributed by atoms with Gasteiger partial charge >= 0.3 is 0 Å². The van der Waals surface area contributed by atoms with Crippen LogP contribution in [0.1, 0.15) is 39.8 Å². The number of carbonyl (C=O) groups excluding carboxylic acids is 2. The minimum absolute atomic E-state index is 0.117. The van der Waals surface area contributed by atoms with Crippen LogP contribution in [-0.4, -0.2) is 57.6 Å². The molecule has 3 aromatic rings. The monoisotopic (exact) mass is 480 g/mol. The highest BCUT2D eigenvalue weighted by Gasteiger charge is 2.23. The Kier molecular flexibility index (Phi) is 7.21. The van der Waals surface area contributed by atoms with Gasteiger partial charge in [0.25, 0.3) is 11.8 Å². The highest BCUT2D eigenvalue weighted by atomic mass is 19.1. The summed E-state index contributed by atoms with van der Waals surface area (Å²) in [5.41, 5.74) is 1.10. The third-order valence-electron chi connectivity index (χ3n) is 5.31. The molecule has 2 amide bonds. The predicted molar refractivity (Wildman–Crippen MR) is 125 cm³/mol. The lowest BCUT2D eigenvalue weighted by atomic mass is 10.1. The maximum atomic E-state index is 14.8. The van der Waals surface area contributed by atoms with Crippen molar-refractivity contribution in [3.63, 3.8) is 0 Å². The van der Waals surface area contributed by atoms with Gasteiger partial charge in [-0.25, -0.2) is 9.37 Å². The Balaban J connectivity index is 1.58. The molecule has 1 aliphatic rings. The summed E-state index contributed by atoms with van der Waals surface area (Å²) in [5, 5.41) is 12.0. The van der Waals surface area contributed by atoms with E-state index in [0.717, 1.165) is 12.5 Å². The Labute approximate surface area is 201 Å². The van der Waals surface area contributed by atoms with E-state index in [1.165, 1.54) is 42.7 Å².